The number of benzene rings is 1. The highest BCUT2D eigenvalue weighted by atomic mass is 35.5. The number of hydrogen-bond acceptors (Lipinski definition) is 1. The summed E-state index contributed by atoms with van der Waals surface area (Å²) in [6, 6.07) is 4.65. The fraction of sp³-hybridized carbons (Fsp3) is 0.333. The second-order valence-electron chi connectivity index (χ2n) is 3.63. The van der Waals surface area contributed by atoms with Gasteiger partial charge >= 0.3 is 0 Å². The van der Waals surface area contributed by atoms with E-state index in [2.05, 4.69) is 11.9 Å². The summed E-state index contributed by atoms with van der Waals surface area (Å²) in [5, 5.41) is 3.61. The lowest BCUT2D eigenvalue weighted by atomic mass is 10.0. The van der Waals surface area contributed by atoms with Crippen molar-refractivity contribution >= 4 is 11.6 Å². The SMILES string of the molecule is C=C(C)C(Cc1ccc(F)cc1Cl)NC. The average molecular weight is 228 g/mol. The van der Waals surface area contributed by atoms with Crippen LogP contribution in [-0.2, 0) is 6.42 Å². The Morgan fingerprint density at radius 1 is 1.60 bits per heavy atom. The number of rotatable bonds is 4. The van der Waals surface area contributed by atoms with Crippen molar-refractivity contribution in [3.63, 3.8) is 0 Å². The van der Waals surface area contributed by atoms with Crippen molar-refractivity contribution in [1.29, 1.82) is 0 Å². The number of hydrogen-bond donors (Lipinski definition) is 1. The Hall–Kier alpha value is -0.860. The molecule has 0 radical (unpaired) electrons. The molecule has 0 spiro atoms. The molecule has 0 aliphatic rings. The van der Waals surface area contributed by atoms with Crippen molar-refractivity contribution in [2.24, 2.45) is 0 Å². The minimum Gasteiger partial charge on any atom is -0.313 e. The van der Waals surface area contributed by atoms with Crippen LogP contribution in [0, 0.1) is 5.82 Å². The smallest absolute Gasteiger partial charge is 0.124 e. The van der Waals surface area contributed by atoms with Crippen LogP contribution in [0.4, 0.5) is 4.39 Å². The lowest BCUT2D eigenvalue weighted by molar-refractivity contribution is 0.619. The number of halogens is 2. The van der Waals surface area contributed by atoms with Gasteiger partial charge in [0.15, 0.2) is 0 Å². The third-order valence-corrected chi connectivity index (χ3v) is 2.73. The Kier molecular flexibility index (Phi) is 4.30. The van der Waals surface area contributed by atoms with Crippen molar-refractivity contribution in [3.05, 3.63) is 46.8 Å². The van der Waals surface area contributed by atoms with Gasteiger partial charge in [-0.2, -0.15) is 0 Å². The van der Waals surface area contributed by atoms with Crippen molar-refractivity contribution < 1.29 is 4.39 Å². The monoisotopic (exact) mass is 227 g/mol. The summed E-state index contributed by atoms with van der Waals surface area (Å²) >= 11 is 5.94. The van der Waals surface area contributed by atoms with Gasteiger partial charge in [0.2, 0.25) is 0 Å². The van der Waals surface area contributed by atoms with E-state index in [4.69, 9.17) is 11.6 Å². The molecule has 1 aromatic carbocycles. The molecule has 0 aliphatic heterocycles. The van der Waals surface area contributed by atoms with Gasteiger partial charge in [-0.25, -0.2) is 4.39 Å². The molecule has 0 aromatic heterocycles. The van der Waals surface area contributed by atoms with Crippen LogP contribution < -0.4 is 5.32 Å². The van der Waals surface area contributed by atoms with E-state index >= 15 is 0 Å². The average Bonchev–Trinajstić information content (AvgIpc) is 2.16. The third-order valence-electron chi connectivity index (χ3n) is 2.38. The maximum atomic E-state index is 12.8. The van der Waals surface area contributed by atoms with Crippen LogP contribution in [0.5, 0.6) is 0 Å². The van der Waals surface area contributed by atoms with Crippen LogP contribution in [-0.4, -0.2) is 13.1 Å². The summed E-state index contributed by atoms with van der Waals surface area (Å²) < 4.78 is 12.8. The van der Waals surface area contributed by atoms with Crippen LogP contribution >= 0.6 is 11.6 Å². The van der Waals surface area contributed by atoms with Crippen LogP contribution in [0.25, 0.3) is 0 Å². The van der Waals surface area contributed by atoms with Gasteiger partial charge in [0.05, 0.1) is 0 Å². The molecule has 1 nitrogen and oxygen atoms in total. The standard InChI is InChI=1S/C12H15ClFN/c1-8(2)12(15-3)6-9-4-5-10(14)7-11(9)13/h4-5,7,12,15H,1,6H2,2-3H3. The molecular weight excluding hydrogens is 213 g/mol. The molecule has 0 amide bonds. The fourth-order valence-corrected chi connectivity index (χ4v) is 1.67. The Morgan fingerprint density at radius 2 is 2.27 bits per heavy atom. The molecule has 1 aromatic rings. The molecule has 1 unspecified atom stereocenters. The first-order valence-electron chi connectivity index (χ1n) is 4.81. The minimum atomic E-state index is -0.305. The Balaban J connectivity index is 2.84. The summed E-state index contributed by atoms with van der Waals surface area (Å²) in [6.07, 6.45) is 0.727. The number of likely N-dealkylation sites (N-methyl/N-ethyl adjacent to an activating group) is 1. The Bertz CT molecular complexity index is 363. The second kappa shape index (κ2) is 5.29. The summed E-state index contributed by atoms with van der Waals surface area (Å²) in [5.74, 6) is -0.305. The predicted molar refractivity (Wildman–Crippen MR) is 62.8 cm³/mol. The molecule has 3 heteroatoms. The molecule has 1 rings (SSSR count). The molecule has 82 valence electrons. The molecule has 0 bridgehead atoms. The normalized spacial score (nSPS) is 12.5. The third kappa shape index (κ3) is 3.33. The summed E-state index contributed by atoms with van der Waals surface area (Å²) in [7, 11) is 1.87. The summed E-state index contributed by atoms with van der Waals surface area (Å²) in [4.78, 5) is 0. The zero-order chi connectivity index (χ0) is 11.4. The van der Waals surface area contributed by atoms with E-state index in [0.29, 0.717) is 5.02 Å². The highest BCUT2D eigenvalue weighted by molar-refractivity contribution is 6.31. The van der Waals surface area contributed by atoms with Crippen LogP contribution in [0.1, 0.15) is 12.5 Å². The maximum absolute atomic E-state index is 12.8. The van der Waals surface area contributed by atoms with Gasteiger partial charge in [0, 0.05) is 11.1 Å². The van der Waals surface area contributed by atoms with E-state index in [0.717, 1.165) is 17.6 Å². The molecule has 0 fully saturated rings. The van der Waals surface area contributed by atoms with Crippen molar-refractivity contribution in [3.8, 4) is 0 Å². The van der Waals surface area contributed by atoms with E-state index in [-0.39, 0.29) is 11.9 Å². The highest BCUT2D eigenvalue weighted by Gasteiger charge is 2.10. The topological polar surface area (TPSA) is 12.0 Å². The summed E-state index contributed by atoms with van der Waals surface area (Å²) in [5.41, 5.74) is 1.97. The van der Waals surface area contributed by atoms with Gasteiger partial charge in [0.25, 0.3) is 0 Å². The molecule has 0 saturated carbocycles. The highest BCUT2D eigenvalue weighted by Crippen LogP contribution is 2.20. The Labute approximate surface area is 95.0 Å². The van der Waals surface area contributed by atoms with E-state index in [1.54, 1.807) is 6.07 Å². The van der Waals surface area contributed by atoms with Crippen LogP contribution in [0.15, 0.2) is 30.4 Å². The quantitative estimate of drug-likeness (QED) is 0.779. The number of nitrogens with one attached hydrogen (secondary N) is 1. The largest absolute Gasteiger partial charge is 0.313 e. The van der Waals surface area contributed by atoms with E-state index in [9.17, 15) is 4.39 Å². The van der Waals surface area contributed by atoms with E-state index in [1.165, 1.54) is 12.1 Å². The Morgan fingerprint density at radius 3 is 2.73 bits per heavy atom. The molecule has 0 saturated heterocycles. The minimum absolute atomic E-state index is 0.174. The van der Waals surface area contributed by atoms with Gasteiger partial charge < -0.3 is 5.32 Å². The van der Waals surface area contributed by atoms with Crippen molar-refractivity contribution in [1.82, 2.24) is 5.32 Å². The second-order valence-corrected chi connectivity index (χ2v) is 4.03. The fourth-order valence-electron chi connectivity index (χ4n) is 1.43. The molecular formula is C12H15ClFN. The van der Waals surface area contributed by atoms with E-state index in [1.807, 2.05) is 14.0 Å². The molecule has 0 heterocycles. The lowest BCUT2D eigenvalue weighted by Gasteiger charge is -2.16. The van der Waals surface area contributed by atoms with E-state index < -0.39 is 0 Å². The van der Waals surface area contributed by atoms with Gasteiger partial charge in [-0.1, -0.05) is 29.8 Å². The molecule has 1 N–H and O–H groups in total. The molecule has 0 aliphatic carbocycles. The van der Waals surface area contributed by atoms with Crippen molar-refractivity contribution in [2.45, 2.75) is 19.4 Å². The summed E-state index contributed by atoms with van der Waals surface area (Å²) in [6.45, 7) is 5.85. The predicted octanol–water partition coefficient (Wildman–Crippen LogP) is 3.19. The van der Waals surface area contributed by atoms with Gasteiger partial charge in [-0.3, -0.25) is 0 Å². The first-order valence-corrected chi connectivity index (χ1v) is 5.19. The van der Waals surface area contributed by atoms with Gasteiger partial charge in [-0.05, 0) is 38.1 Å². The van der Waals surface area contributed by atoms with Crippen molar-refractivity contribution in [2.75, 3.05) is 7.05 Å². The zero-order valence-corrected chi connectivity index (χ0v) is 9.74. The molecule has 1 atom stereocenters. The zero-order valence-electron chi connectivity index (χ0n) is 8.98. The molecule has 15 heavy (non-hydrogen) atoms. The van der Waals surface area contributed by atoms with Crippen LogP contribution in [0.3, 0.4) is 0 Å². The first-order chi connectivity index (χ1) is 7.04. The van der Waals surface area contributed by atoms with Gasteiger partial charge in [-0.15, -0.1) is 0 Å². The van der Waals surface area contributed by atoms with Crippen LogP contribution in [0.2, 0.25) is 5.02 Å². The van der Waals surface area contributed by atoms with Gasteiger partial charge in [0.1, 0.15) is 5.82 Å². The maximum Gasteiger partial charge on any atom is 0.124 e. The lowest BCUT2D eigenvalue weighted by Crippen LogP contribution is -2.28. The first kappa shape index (κ1) is 12.2.